The van der Waals surface area contributed by atoms with Crippen LogP contribution in [0.2, 0.25) is 0 Å². The lowest BCUT2D eigenvalue weighted by Gasteiger charge is -2.25. The average molecular weight is 413 g/mol. The summed E-state index contributed by atoms with van der Waals surface area (Å²) in [5.74, 6) is -0.466. The smallest absolute Gasteiger partial charge is 0.231 e. The van der Waals surface area contributed by atoms with Crippen molar-refractivity contribution in [1.82, 2.24) is 9.88 Å². The molecule has 154 valence electrons. The minimum absolute atomic E-state index is 0.000625. The van der Waals surface area contributed by atoms with E-state index in [0.717, 1.165) is 37.4 Å². The molecule has 1 N–H and O–H groups in total. The van der Waals surface area contributed by atoms with E-state index in [4.69, 9.17) is 0 Å². The number of aromatic nitrogens is 1. The van der Waals surface area contributed by atoms with Crippen molar-refractivity contribution >= 4 is 34.0 Å². The topological polar surface area (TPSA) is 65.5 Å². The van der Waals surface area contributed by atoms with Crippen LogP contribution in [0.15, 0.2) is 29.6 Å². The van der Waals surface area contributed by atoms with Gasteiger partial charge in [0.15, 0.2) is 5.13 Å². The van der Waals surface area contributed by atoms with Crippen molar-refractivity contribution in [2.24, 2.45) is 5.92 Å². The van der Waals surface area contributed by atoms with Crippen LogP contribution < -0.4 is 10.2 Å². The third-order valence-electron chi connectivity index (χ3n) is 5.77. The molecule has 1 aromatic heterocycles. The molecule has 2 amide bonds. The SMILES string of the molecule is CCc1ccc(N2CC(C(=O)Nc3nc(CN4CCCCC4)cs3)CC2=O)cc1. The van der Waals surface area contributed by atoms with Gasteiger partial charge < -0.3 is 10.2 Å². The minimum Gasteiger partial charge on any atom is -0.312 e. The van der Waals surface area contributed by atoms with Crippen LogP contribution in [-0.4, -0.2) is 41.3 Å². The number of benzene rings is 1. The Morgan fingerprint density at radius 3 is 2.69 bits per heavy atom. The predicted molar refractivity (Wildman–Crippen MR) is 116 cm³/mol. The van der Waals surface area contributed by atoms with Crippen molar-refractivity contribution in [2.75, 3.05) is 29.9 Å². The second kappa shape index (κ2) is 9.05. The maximum atomic E-state index is 12.7. The van der Waals surface area contributed by atoms with E-state index in [1.807, 2.05) is 29.6 Å². The van der Waals surface area contributed by atoms with Gasteiger partial charge in [0.1, 0.15) is 0 Å². The number of hydrogen-bond donors (Lipinski definition) is 1. The number of carbonyl (C=O) groups is 2. The van der Waals surface area contributed by atoms with Gasteiger partial charge in [-0.1, -0.05) is 25.5 Å². The molecule has 2 saturated heterocycles. The number of likely N-dealkylation sites (tertiary alicyclic amines) is 1. The molecule has 1 atom stereocenters. The molecule has 0 spiro atoms. The Morgan fingerprint density at radius 1 is 1.21 bits per heavy atom. The molecule has 1 aromatic carbocycles. The molecular weight excluding hydrogens is 384 g/mol. The average Bonchev–Trinajstić information content (AvgIpc) is 3.35. The first-order chi connectivity index (χ1) is 14.1. The Bertz CT molecular complexity index is 858. The Hall–Kier alpha value is -2.25. The van der Waals surface area contributed by atoms with Gasteiger partial charge in [0, 0.05) is 30.6 Å². The van der Waals surface area contributed by atoms with Crippen LogP contribution in [0.5, 0.6) is 0 Å². The van der Waals surface area contributed by atoms with Crippen molar-refractivity contribution in [3.05, 3.63) is 40.9 Å². The largest absolute Gasteiger partial charge is 0.312 e. The fourth-order valence-corrected chi connectivity index (χ4v) is 4.74. The van der Waals surface area contributed by atoms with E-state index in [1.165, 1.54) is 36.2 Å². The molecule has 29 heavy (non-hydrogen) atoms. The summed E-state index contributed by atoms with van der Waals surface area (Å²) < 4.78 is 0. The minimum atomic E-state index is -0.345. The van der Waals surface area contributed by atoms with Gasteiger partial charge in [0.05, 0.1) is 11.6 Å². The number of nitrogens with zero attached hydrogens (tertiary/aromatic N) is 3. The number of carbonyl (C=O) groups excluding carboxylic acids is 2. The lowest BCUT2D eigenvalue weighted by molar-refractivity contribution is -0.122. The normalized spacial score (nSPS) is 20.2. The first-order valence-electron chi connectivity index (χ1n) is 10.5. The van der Waals surface area contributed by atoms with Gasteiger partial charge in [-0.2, -0.15) is 0 Å². The number of piperidine rings is 1. The van der Waals surface area contributed by atoms with Gasteiger partial charge in [0.2, 0.25) is 11.8 Å². The van der Waals surface area contributed by atoms with Crippen molar-refractivity contribution in [3.8, 4) is 0 Å². The molecule has 2 fully saturated rings. The summed E-state index contributed by atoms with van der Waals surface area (Å²) in [5, 5.41) is 5.57. The molecule has 2 aromatic rings. The molecular formula is C22H28N4O2S. The second-order valence-corrected chi connectivity index (χ2v) is 8.75. The summed E-state index contributed by atoms with van der Waals surface area (Å²) >= 11 is 1.46. The highest BCUT2D eigenvalue weighted by Crippen LogP contribution is 2.27. The summed E-state index contributed by atoms with van der Waals surface area (Å²) in [6, 6.07) is 8.00. The zero-order chi connectivity index (χ0) is 20.2. The van der Waals surface area contributed by atoms with Crippen LogP contribution in [0.4, 0.5) is 10.8 Å². The number of hydrogen-bond acceptors (Lipinski definition) is 5. The van der Waals surface area contributed by atoms with Gasteiger partial charge in [-0.25, -0.2) is 4.98 Å². The van der Waals surface area contributed by atoms with E-state index in [9.17, 15) is 9.59 Å². The van der Waals surface area contributed by atoms with Crippen LogP contribution in [0.3, 0.4) is 0 Å². The predicted octanol–water partition coefficient (Wildman–Crippen LogP) is 3.68. The molecule has 0 aliphatic carbocycles. The third-order valence-corrected chi connectivity index (χ3v) is 6.57. The molecule has 0 saturated carbocycles. The molecule has 2 aliphatic rings. The molecule has 3 heterocycles. The van der Waals surface area contributed by atoms with Crippen molar-refractivity contribution < 1.29 is 9.59 Å². The van der Waals surface area contributed by atoms with Gasteiger partial charge in [-0.15, -0.1) is 11.3 Å². The molecule has 7 heteroatoms. The molecule has 0 radical (unpaired) electrons. The van der Waals surface area contributed by atoms with Crippen molar-refractivity contribution in [1.29, 1.82) is 0 Å². The first-order valence-corrected chi connectivity index (χ1v) is 11.4. The fraction of sp³-hybridized carbons (Fsp3) is 0.500. The summed E-state index contributed by atoms with van der Waals surface area (Å²) in [6.45, 7) is 5.61. The van der Waals surface area contributed by atoms with Crippen LogP contribution in [0, 0.1) is 5.92 Å². The molecule has 2 aliphatic heterocycles. The van der Waals surface area contributed by atoms with Gasteiger partial charge >= 0.3 is 0 Å². The van der Waals surface area contributed by atoms with Crippen LogP contribution in [-0.2, 0) is 22.6 Å². The standard InChI is InChI=1S/C22H28N4O2S/c1-2-16-6-8-19(9-7-16)26-13-17(12-20(26)27)21(28)24-22-23-18(15-29-22)14-25-10-4-3-5-11-25/h6-9,15,17H,2-5,10-14H2,1H3,(H,23,24,28). The Morgan fingerprint density at radius 2 is 1.97 bits per heavy atom. The highest BCUT2D eigenvalue weighted by atomic mass is 32.1. The van der Waals surface area contributed by atoms with Crippen molar-refractivity contribution in [3.63, 3.8) is 0 Å². The van der Waals surface area contributed by atoms with Crippen molar-refractivity contribution in [2.45, 2.75) is 45.6 Å². The van der Waals surface area contributed by atoms with Crippen LogP contribution in [0.1, 0.15) is 43.9 Å². The van der Waals surface area contributed by atoms with Gasteiger partial charge in [-0.3, -0.25) is 14.5 Å². The highest BCUT2D eigenvalue weighted by Gasteiger charge is 2.35. The van der Waals surface area contributed by atoms with Gasteiger partial charge in [-0.05, 0) is 50.0 Å². The third kappa shape index (κ3) is 4.85. The fourth-order valence-electron chi connectivity index (χ4n) is 4.04. The first kappa shape index (κ1) is 20.0. The van der Waals surface area contributed by atoms with Crippen LogP contribution in [0.25, 0.3) is 0 Å². The quantitative estimate of drug-likeness (QED) is 0.786. The molecule has 6 nitrogen and oxygen atoms in total. The Kier molecular flexibility index (Phi) is 6.25. The summed E-state index contributed by atoms with van der Waals surface area (Å²) in [7, 11) is 0. The Labute approximate surface area is 175 Å². The summed E-state index contributed by atoms with van der Waals surface area (Å²) in [5.41, 5.74) is 3.10. The number of anilines is 2. The second-order valence-electron chi connectivity index (χ2n) is 7.90. The summed E-state index contributed by atoms with van der Waals surface area (Å²) in [4.78, 5) is 33.9. The van der Waals surface area contributed by atoms with E-state index >= 15 is 0 Å². The summed E-state index contributed by atoms with van der Waals surface area (Å²) in [6.07, 6.45) is 5.02. The monoisotopic (exact) mass is 412 g/mol. The van der Waals surface area contributed by atoms with E-state index in [1.54, 1.807) is 4.90 Å². The molecule has 4 rings (SSSR count). The number of aryl methyl sites for hydroxylation is 1. The number of thiazole rings is 1. The number of rotatable bonds is 6. The maximum Gasteiger partial charge on any atom is 0.231 e. The van der Waals surface area contributed by atoms with Gasteiger partial charge in [0.25, 0.3) is 0 Å². The number of nitrogens with one attached hydrogen (secondary N) is 1. The number of amides is 2. The lowest BCUT2D eigenvalue weighted by atomic mass is 10.1. The lowest BCUT2D eigenvalue weighted by Crippen LogP contribution is -2.29. The van der Waals surface area contributed by atoms with E-state index in [-0.39, 0.29) is 24.2 Å². The molecule has 1 unspecified atom stereocenters. The zero-order valence-corrected chi connectivity index (χ0v) is 17.7. The van der Waals surface area contributed by atoms with E-state index in [2.05, 4.69) is 22.1 Å². The van der Waals surface area contributed by atoms with E-state index in [0.29, 0.717) is 11.7 Å². The van der Waals surface area contributed by atoms with E-state index < -0.39 is 0 Å². The maximum absolute atomic E-state index is 12.7. The van der Waals surface area contributed by atoms with Crippen LogP contribution >= 0.6 is 11.3 Å². The Balaban J connectivity index is 1.33. The zero-order valence-electron chi connectivity index (χ0n) is 16.9. The molecule has 0 bridgehead atoms. The highest BCUT2D eigenvalue weighted by molar-refractivity contribution is 7.13.